The van der Waals surface area contributed by atoms with Crippen molar-refractivity contribution in [3.8, 4) is 0 Å². The molecule has 0 bridgehead atoms. The van der Waals surface area contributed by atoms with Crippen molar-refractivity contribution < 1.29 is 9.50 Å². The van der Waals surface area contributed by atoms with Crippen molar-refractivity contribution in [2.24, 2.45) is 0 Å². The fourth-order valence-electron chi connectivity index (χ4n) is 2.21. The van der Waals surface area contributed by atoms with Gasteiger partial charge >= 0.3 is 0 Å². The highest BCUT2D eigenvalue weighted by molar-refractivity contribution is 9.10. The molecular weight excluding hydrogens is 311 g/mol. The van der Waals surface area contributed by atoms with Crippen LogP contribution in [0.1, 0.15) is 31.5 Å². The molecule has 0 aliphatic rings. The Morgan fingerprint density at radius 2 is 2.11 bits per heavy atom. The molecule has 0 fully saturated rings. The van der Waals surface area contributed by atoms with E-state index in [1.807, 2.05) is 6.92 Å². The number of aliphatic hydroxyl groups is 1. The summed E-state index contributed by atoms with van der Waals surface area (Å²) in [5.74, 6) is -0.427. The van der Waals surface area contributed by atoms with Gasteiger partial charge in [0.1, 0.15) is 11.4 Å². The second-order valence-corrected chi connectivity index (χ2v) is 5.47. The molecule has 0 radical (unpaired) electrons. The van der Waals surface area contributed by atoms with E-state index in [2.05, 4.69) is 21.0 Å². The Labute approximate surface area is 120 Å². The van der Waals surface area contributed by atoms with E-state index in [9.17, 15) is 9.50 Å². The standard InChI is InChI=1S/C14H16BrFN2O/c1-3-8-18-13(11(15)9-17-18)14(2,19)10-6-4-5-7-12(10)16/h4-7,9,19H,3,8H2,1-2H3. The maximum Gasteiger partial charge on any atom is 0.132 e. The molecule has 0 amide bonds. The predicted octanol–water partition coefficient (Wildman–Crippen LogP) is 3.45. The third kappa shape index (κ3) is 2.58. The largest absolute Gasteiger partial charge is 0.379 e. The van der Waals surface area contributed by atoms with Crippen LogP contribution in [0.2, 0.25) is 0 Å². The van der Waals surface area contributed by atoms with E-state index >= 15 is 0 Å². The number of hydrogen-bond donors (Lipinski definition) is 1. The molecule has 2 rings (SSSR count). The van der Waals surface area contributed by atoms with Crippen LogP contribution in [0.25, 0.3) is 0 Å². The number of aryl methyl sites for hydroxylation is 1. The van der Waals surface area contributed by atoms with Crippen molar-refractivity contribution in [3.05, 3.63) is 52.0 Å². The normalized spacial score (nSPS) is 14.4. The third-order valence-electron chi connectivity index (χ3n) is 3.09. The topological polar surface area (TPSA) is 38.0 Å². The molecule has 0 saturated heterocycles. The molecule has 1 aromatic carbocycles. The average molecular weight is 327 g/mol. The van der Waals surface area contributed by atoms with Crippen LogP contribution < -0.4 is 0 Å². The maximum absolute atomic E-state index is 13.9. The third-order valence-corrected chi connectivity index (χ3v) is 3.67. The molecule has 0 saturated carbocycles. The Kier molecular flexibility index (Phi) is 4.06. The molecule has 1 atom stereocenters. The van der Waals surface area contributed by atoms with Gasteiger partial charge in [-0.25, -0.2) is 4.39 Å². The van der Waals surface area contributed by atoms with Crippen LogP contribution in [0.4, 0.5) is 4.39 Å². The molecule has 0 aliphatic carbocycles. The summed E-state index contributed by atoms with van der Waals surface area (Å²) in [6.45, 7) is 4.28. The van der Waals surface area contributed by atoms with E-state index in [0.717, 1.165) is 6.42 Å². The van der Waals surface area contributed by atoms with Gasteiger partial charge in [0.2, 0.25) is 0 Å². The van der Waals surface area contributed by atoms with Crippen LogP contribution in [0, 0.1) is 5.82 Å². The van der Waals surface area contributed by atoms with Gasteiger partial charge in [-0.1, -0.05) is 25.1 Å². The summed E-state index contributed by atoms with van der Waals surface area (Å²) in [7, 11) is 0. The summed E-state index contributed by atoms with van der Waals surface area (Å²) < 4.78 is 16.3. The predicted molar refractivity (Wildman–Crippen MR) is 75.3 cm³/mol. The minimum absolute atomic E-state index is 0.244. The molecule has 3 nitrogen and oxygen atoms in total. The molecule has 1 unspecified atom stereocenters. The lowest BCUT2D eigenvalue weighted by atomic mass is 9.92. The number of benzene rings is 1. The second-order valence-electron chi connectivity index (χ2n) is 4.62. The zero-order valence-electron chi connectivity index (χ0n) is 10.9. The molecule has 19 heavy (non-hydrogen) atoms. The molecule has 1 aromatic heterocycles. The molecule has 1 heterocycles. The van der Waals surface area contributed by atoms with Gasteiger partial charge in [0, 0.05) is 12.1 Å². The first-order valence-corrected chi connectivity index (χ1v) is 6.97. The van der Waals surface area contributed by atoms with Gasteiger partial charge in [-0.15, -0.1) is 0 Å². The molecule has 0 aliphatic heterocycles. The Morgan fingerprint density at radius 3 is 2.74 bits per heavy atom. The minimum atomic E-state index is -1.43. The van der Waals surface area contributed by atoms with E-state index in [1.54, 1.807) is 36.0 Å². The van der Waals surface area contributed by atoms with Gasteiger partial charge in [0.15, 0.2) is 0 Å². The quantitative estimate of drug-likeness (QED) is 0.934. The first kappa shape index (κ1) is 14.2. The van der Waals surface area contributed by atoms with Crippen molar-refractivity contribution >= 4 is 15.9 Å². The van der Waals surface area contributed by atoms with Gasteiger partial charge in [0.25, 0.3) is 0 Å². The molecule has 2 aromatic rings. The summed E-state index contributed by atoms with van der Waals surface area (Å²) in [5, 5.41) is 15.0. The first-order chi connectivity index (χ1) is 8.98. The molecule has 102 valence electrons. The van der Waals surface area contributed by atoms with Crippen LogP contribution in [-0.2, 0) is 12.1 Å². The molecule has 5 heteroatoms. The van der Waals surface area contributed by atoms with Gasteiger partial charge in [0.05, 0.1) is 16.4 Å². The summed E-state index contributed by atoms with van der Waals surface area (Å²) in [4.78, 5) is 0. The van der Waals surface area contributed by atoms with Crippen LogP contribution in [0.5, 0.6) is 0 Å². The van der Waals surface area contributed by atoms with Crippen LogP contribution in [-0.4, -0.2) is 14.9 Å². The lowest BCUT2D eigenvalue weighted by molar-refractivity contribution is 0.0865. The fourth-order valence-corrected chi connectivity index (χ4v) is 2.89. The number of aromatic nitrogens is 2. The number of hydrogen-bond acceptors (Lipinski definition) is 2. The van der Waals surface area contributed by atoms with E-state index in [0.29, 0.717) is 16.7 Å². The van der Waals surface area contributed by atoms with Crippen molar-refractivity contribution in [3.63, 3.8) is 0 Å². The smallest absolute Gasteiger partial charge is 0.132 e. The Hall–Kier alpha value is -1.20. The van der Waals surface area contributed by atoms with E-state index in [4.69, 9.17) is 0 Å². The maximum atomic E-state index is 13.9. The lowest BCUT2D eigenvalue weighted by Gasteiger charge is -2.26. The van der Waals surface area contributed by atoms with Gasteiger partial charge in [-0.2, -0.15) is 5.10 Å². The van der Waals surface area contributed by atoms with Crippen LogP contribution in [0.15, 0.2) is 34.9 Å². The monoisotopic (exact) mass is 326 g/mol. The number of halogens is 2. The summed E-state index contributed by atoms with van der Waals surface area (Å²) in [6.07, 6.45) is 2.51. The van der Waals surface area contributed by atoms with Gasteiger partial charge in [-0.3, -0.25) is 4.68 Å². The zero-order chi connectivity index (χ0) is 14.0. The summed E-state index contributed by atoms with van der Waals surface area (Å²) >= 11 is 3.38. The first-order valence-electron chi connectivity index (χ1n) is 6.17. The SMILES string of the molecule is CCCn1ncc(Br)c1C(C)(O)c1ccccc1F. The summed E-state index contributed by atoms with van der Waals surface area (Å²) in [6, 6.07) is 6.25. The van der Waals surface area contributed by atoms with Crippen molar-refractivity contribution in [2.45, 2.75) is 32.4 Å². The van der Waals surface area contributed by atoms with E-state index in [1.165, 1.54) is 6.07 Å². The number of nitrogens with zero attached hydrogens (tertiary/aromatic N) is 2. The molecular formula is C14H16BrFN2O. The fraction of sp³-hybridized carbons (Fsp3) is 0.357. The van der Waals surface area contributed by atoms with Gasteiger partial charge in [-0.05, 0) is 35.3 Å². The number of rotatable bonds is 4. The Bertz CT molecular complexity index is 581. The second kappa shape index (κ2) is 5.43. The Balaban J connectivity index is 2.56. The average Bonchev–Trinajstić information content (AvgIpc) is 2.72. The van der Waals surface area contributed by atoms with Crippen molar-refractivity contribution in [2.75, 3.05) is 0 Å². The van der Waals surface area contributed by atoms with E-state index < -0.39 is 11.4 Å². The lowest BCUT2D eigenvalue weighted by Crippen LogP contribution is -2.28. The van der Waals surface area contributed by atoms with Gasteiger partial charge < -0.3 is 5.11 Å². The van der Waals surface area contributed by atoms with Crippen LogP contribution in [0.3, 0.4) is 0 Å². The highest BCUT2D eigenvalue weighted by Gasteiger charge is 2.34. The summed E-state index contributed by atoms with van der Waals surface area (Å²) in [5.41, 5.74) is -0.622. The highest BCUT2D eigenvalue weighted by atomic mass is 79.9. The molecule has 0 spiro atoms. The van der Waals surface area contributed by atoms with Crippen LogP contribution >= 0.6 is 15.9 Å². The van der Waals surface area contributed by atoms with Crippen molar-refractivity contribution in [1.82, 2.24) is 9.78 Å². The minimum Gasteiger partial charge on any atom is -0.379 e. The highest BCUT2D eigenvalue weighted by Crippen LogP contribution is 2.35. The van der Waals surface area contributed by atoms with Crippen molar-refractivity contribution in [1.29, 1.82) is 0 Å². The molecule has 1 N–H and O–H groups in total. The Morgan fingerprint density at radius 1 is 1.42 bits per heavy atom. The zero-order valence-corrected chi connectivity index (χ0v) is 12.5. The van der Waals surface area contributed by atoms with E-state index in [-0.39, 0.29) is 5.56 Å².